The molecular weight excluding hydrogens is 390 g/mol. The number of guanidine groups is 1. The van der Waals surface area contributed by atoms with Crippen LogP contribution in [0.15, 0.2) is 59.7 Å². The van der Waals surface area contributed by atoms with Gasteiger partial charge in [0.15, 0.2) is 5.96 Å². The van der Waals surface area contributed by atoms with Crippen molar-refractivity contribution in [2.75, 3.05) is 40.8 Å². The second-order valence-electron chi connectivity index (χ2n) is 7.49. The van der Waals surface area contributed by atoms with Gasteiger partial charge in [0, 0.05) is 44.3 Å². The van der Waals surface area contributed by atoms with E-state index in [-0.39, 0.29) is 12.5 Å². The molecule has 7 nitrogen and oxygen atoms in total. The monoisotopic (exact) mass is 421 g/mol. The smallest absolute Gasteiger partial charge is 0.243 e. The number of nitrogens with one attached hydrogen (secondary N) is 3. The molecule has 3 N–H and O–H groups in total. The SMILES string of the molecule is COc1cccc2[nH]cc(CCNC(=NCC(=O)N(C)C)NCCc3ccccc3)c12. The fraction of sp³-hybridized carbons (Fsp3) is 0.333. The molecule has 2 aromatic carbocycles. The topological polar surface area (TPSA) is 81.7 Å². The van der Waals surface area contributed by atoms with Gasteiger partial charge in [-0.2, -0.15) is 0 Å². The highest BCUT2D eigenvalue weighted by atomic mass is 16.5. The lowest BCUT2D eigenvalue weighted by atomic mass is 10.1. The fourth-order valence-corrected chi connectivity index (χ4v) is 3.33. The van der Waals surface area contributed by atoms with Gasteiger partial charge in [0.25, 0.3) is 0 Å². The van der Waals surface area contributed by atoms with Crippen LogP contribution < -0.4 is 15.4 Å². The number of aromatic amines is 1. The van der Waals surface area contributed by atoms with Gasteiger partial charge < -0.3 is 25.3 Å². The molecule has 164 valence electrons. The molecule has 0 atom stereocenters. The van der Waals surface area contributed by atoms with Gasteiger partial charge in [-0.1, -0.05) is 36.4 Å². The van der Waals surface area contributed by atoms with E-state index in [0.717, 1.165) is 36.0 Å². The molecule has 0 bridgehead atoms. The van der Waals surface area contributed by atoms with E-state index in [0.29, 0.717) is 12.5 Å². The molecule has 0 unspecified atom stereocenters. The van der Waals surface area contributed by atoms with Crippen molar-refractivity contribution in [1.82, 2.24) is 20.5 Å². The molecule has 0 radical (unpaired) electrons. The van der Waals surface area contributed by atoms with Gasteiger partial charge in [-0.05, 0) is 36.1 Å². The standard InChI is InChI=1S/C24H31N5O2/c1-29(2)22(30)17-28-24(25-14-12-18-8-5-4-6-9-18)26-15-13-19-16-27-20-10-7-11-21(31-3)23(19)20/h4-11,16,27H,12-15,17H2,1-3H3,(H2,25,26,28). The number of aromatic nitrogens is 1. The molecule has 1 heterocycles. The Morgan fingerprint density at radius 1 is 1.03 bits per heavy atom. The molecule has 0 fully saturated rings. The summed E-state index contributed by atoms with van der Waals surface area (Å²) in [5, 5.41) is 7.79. The average molecular weight is 422 g/mol. The molecular formula is C24H31N5O2. The summed E-state index contributed by atoms with van der Waals surface area (Å²) >= 11 is 0. The predicted octanol–water partition coefficient (Wildman–Crippen LogP) is 2.59. The van der Waals surface area contributed by atoms with Crippen molar-refractivity contribution in [2.24, 2.45) is 4.99 Å². The van der Waals surface area contributed by atoms with Crippen molar-refractivity contribution < 1.29 is 9.53 Å². The van der Waals surface area contributed by atoms with Crippen molar-refractivity contribution >= 4 is 22.8 Å². The number of hydrogen-bond donors (Lipinski definition) is 3. The largest absolute Gasteiger partial charge is 0.496 e. The van der Waals surface area contributed by atoms with Crippen LogP contribution in [0.2, 0.25) is 0 Å². The second kappa shape index (κ2) is 11.1. The van der Waals surface area contributed by atoms with Gasteiger partial charge in [-0.15, -0.1) is 0 Å². The molecule has 3 aromatic rings. The molecule has 0 saturated heterocycles. The molecule has 0 saturated carbocycles. The Hall–Kier alpha value is -3.48. The van der Waals surface area contributed by atoms with Crippen molar-refractivity contribution in [1.29, 1.82) is 0 Å². The summed E-state index contributed by atoms with van der Waals surface area (Å²) in [6.45, 7) is 1.51. The van der Waals surface area contributed by atoms with E-state index in [4.69, 9.17) is 4.74 Å². The van der Waals surface area contributed by atoms with E-state index < -0.39 is 0 Å². The quantitative estimate of drug-likeness (QED) is 0.366. The molecule has 1 amide bonds. The third-order valence-corrected chi connectivity index (χ3v) is 5.08. The fourth-order valence-electron chi connectivity index (χ4n) is 3.33. The van der Waals surface area contributed by atoms with Gasteiger partial charge in [0.05, 0.1) is 7.11 Å². The van der Waals surface area contributed by atoms with Crippen molar-refractivity contribution in [3.05, 3.63) is 65.9 Å². The molecule has 1 aromatic heterocycles. The van der Waals surface area contributed by atoms with Crippen LogP contribution in [0.25, 0.3) is 10.9 Å². The number of hydrogen-bond acceptors (Lipinski definition) is 3. The highest BCUT2D eigenvalue weighted by Crippen LogP contribution is 2.28. The minimum absolute atomic E-state index is 0.0366. The first-order valence-electron chi connectivity index (χ1n) is 10.5. The number of carbonyl (C=O) groups excluding carboxylic acids is 1. The van der Waals surface area contributed by atoms with E-state index in [9.17, 15) is 4.79 Å². The maximum atomic E-state index is 12.0. The van der Waals surface area contributed by atoms with Crippen LogP contribution in [0.1, 0.15) is 11.1 Å². The minimum atomic E-state index is -0.0366. The van der Waals surface area contributed by atoms with E-state index >= 15 is 0 Å². The van der Waals surface area contributed by atoms with E-state index in [1.807, 2.05) is 42.6 Å². The first-order valence-corrected chi connectivity index (χ1v) is 10.5. The number of aliphatic imine (C=N–C) groups is 1. The van der Waals surface area contributed by atoms with Crippen LogP contribution in [0.5, 0.6) is 5.75 Å². The van der Waals surface area contributed by atoms with Crippen LogP contribution in [-0.2, 0) is 17.6 Å². The number of H-pyrrole nitrogens is 1. The summed E-state index contributed by atoms with van der Waals surface area (Å²) in [6, 6.07) is 16.3. The molecule has 31 heavy (non-hydrogen) atoms. The number of amides is 1. The zero-order valence-electron chi connectivity index (χ0n) is 18.4. The van der Waals surface area contributed by atoms with Crippen LogP contribution in [0, 0.1) is 0 Å². The molecule has 0 spiro atoms. The summed E-state index contributed by atoms with van der Waals surface area (Å²) in [5.74, 6) is 1.46. The predicted molar refractivity (Wildman–Crippen MR) is 126 cm³/mol. The van der Waals surface area contributed by atoms with Gasteiger partial charge >= 0.3 is 0 Å². The molecule has 3 rings (SSSR count). The zero-order valence-corrected chi connectivity index (χ0v) is 18.4. The zero-order chi connectivity index (χ0) is 22.1. The Morgan fingerprint density at radius 3 is 2.48 bits per heavy atom. The summed E-state index contributed by atoms with van der Waals surface area (Å²) in [6.07, 6.45) is 3.69. The Morgan fingerprint density at radius 2 is 1.77 bits per heavy atom. The lowest BCUT2D eigenvalue weighted by molar-refractivity contribution is -0.127. The second-order valence-corrected chi connectivity index (χ2v) is 7.49. The summed E-state index contributed by atoms with van der Waals surface area (Å²) in [4.78, 5) is 21.3. The summed E-state index contributed by atoms with van der Waals surface area (Å²) in [7, 11) is 5.16. The van der Waals surface area contributed by atoms with Crippen LogP contribution in [0.4, 0.5) is 0 Å². The average Bonchev–Trinajstić information content (AvgIpc) is 3.20. The number of nitrogens with zero attached hydrogens (tertiary/aromatic N) is 2. The number of benzene rings is 2. The Labute approximate surface area is 183 Å². The van der Waals surface area contributed by atoms with E-state index in [1.54, 1.807) is 26.1 Å². The number of fused-ring (bicyclic) bond motifs is 1. The highest BCUT2D eigenvalue weighted by molar-refractivity contribution is 5.89. The number of ether oxygens (including phenoxy) is 1. The van der Waals surface area contributed by atoms with Crippen molar-refractivity contribution in [3.8, 4) is 5.75 Å². The lowest BCUT2D eigenvalue weighted by Crippen LogP contribution is -2.40. The van der Waals surface area contributed by atoms with Gasteiger partial charge in [0.1, 0.15) is 12.3 Å². The molecule has 0 aliphatic carbocycles. The van der Waals surface area contributed by atoms with Crippen LogP contribution in [-0.4, -0.2) is 62.6 Å². The number of carbonyl (C=O) groups is 1. The van der Waals surface area contributed by atoms with Gasteiger partial charge in [0.2, 0.25) is 5.91 Å². The molecule has 7 heteroatoms. The number of likely N-dealkylation sites (N-methyl/N-ethyl adjacent to an activating group) is 1. The maximum Gasteiger partial charge on any atom is 0.243 e. The van der Waals surface area contributed by atoms with E-state index in [2.05, 4.69) is 32.7 Å². The third kappa shape index (κ3) is 6.25. The van der Waals surface area contributed by atoms with Gasteiger partial charge in [-0.3, -0.25) is 4.79 Å². The first kappa shape index (κ1) is 22.2. The number of methoxy groups -OCH3 is 1. The van der Waals surface area contributed by atoms with E-state index in [1.165, 1.54) is 11.1 Å². The molecule has 0 aliphatic heterocycles. The maximum absolute atomic E-state index is 12.0. The Balaban J connectivity index is 1.61. The summed E-state index contributed by atoms with van der Waals surface area (Å²) < 4.78 is 5.52. The van der Waals surface area contributed by atoms with Crippen molar-refractivity contribution in [2.45, 2.75) is 12.8 Å². The van der Waals surface area contributed by atoms with Crippen LogP contribution >= 0.6 is 0 Å². The van der Waals surface area contributed by atoms with Crippen molar-refractivity contribution in [3.63, 3.8) is 0 Å². The Bertz CT molecular complexity index is 1010. The lowest BCUT2D eigenvalue weighted by Gasteiger charge is -2.14. The third-order valence-electron chi connectivity index (χ3n) is 5.08. The normalized spacial score (nSPS) is 11.4. The first-order chi connectivity index (χ1) is 15.1. The van der Waals surface area contributed by atoms with Gasteiger partial charge in [-0.25, -0.2) is 4.99 Å². The Kier molecular flexibility index (Phi) is 7.92. The van der Waals surface area contributed by atoms with Crippen LogP contribution in [0.3, 0.4) is 0 Å². The molecule has 0 aliphatic rings. The summed E-state index contributed by atoms with van der Waals surface area (Å²) in [5.41, 5.74) is 3.48. The minimum Gasteiger partial charge on any atom is -0.496 e. The number of rotatable bonds is 9. The highest BCUT2D eigenvalue weighted by Gasteiger charge is 2.10.